The van der Waals surface area contributed by atoms with Gasteiger partial charge in [0.05, 0.1) is 38.1 Å². The van der Waals surface area contributed by atoms with Crippen LogP contribution in [0.5, 0.6) is 5.75 Å². The van der Waals surface area contributed by atoms with Crippen LogP contribution in [-0.4, -0.2) is 50.0 Å². The van der Waals surface area contributed by atoms with Gasteiger partial charge in [-0.3, -0.25) is 4.79 Å². The van der Waals surface area contributed by atoms with Crippen LogP contribution in [0.1, 0.15) is 18.2 Å². The van der Waals surface area contributed by atoms with Crippen molar-refractivity contribution in [3.05, 3.63) is 40.9 Å². The van der Waals surface area contributed by atoms with E-state index in [0.717, 1.165) is 35.2 Å². The van der Waals surface area contributed by atoms with Gasteiger partial charge >= 0.3 is 0 Å². The lowest BCUT2D eigenvalue weighted by atomic mass is 10.1. The molecule has 1 aliphatic heterocycles. The molecule has 1 aromatic heterocycles. The molecule has 0 saturated carbocycles. The predicted molar refractivity (Wildman–Crippen MR) is 102 cm³/mol. The number of anilines is 1. The van der Waals surface area contributed by atoms with E-state index in [9.17, 15) is 4.79 Å². The number of hydrazone groups is 1. The molecule has 0 aliphatic carbocycles. The van der Waals surface area contributed by atoms with E-state index < -0.39 is 0 Å². The number of carbonyl (C=O) groups excluding carboxylic acids is 1. The third-order valence-electron chi connectivity index (χ3n) is 4.01. The topological polar surface area (TPSA) is 76.0 Å². The summed E-state index contributed by atoms with van der Waals surface area (Å²) in [5.41, 5.74) is 4.87. The molecule has 0 atom stereocenters. The van der Waals surface area contributed by atoms with E-state index in [2.05, 4.69) is 20.4 Å². The van der Waals surface area contributed by atoms with E-state index in [1.54, 1.807) is 18.4 Å². The molecule has 8 heteroatoms. The van der Waals surface area contributed by atoms with Gasteiger partial charge in [-0.15, -0.1) is 11.3 Å². The molecule has 1 aliphatic rings. The van der Waals surface area contributed by atoms with Crippen LogP contribution >= 0.6 is 11.3 Å². The van der Waals surface area contributed by atoms with Crippen molar-refractivity contribution in [2.75, 3.05) is 38.3 Å². The number of aromatic nitrogens is 1. The molecule has 0 unspecified atom stereocenters. The third-order valence-corrected chi connectivity index (χ3v) is 4.96. The lowest BCUT2D eigenvalue weighted by Crippen LogP contribution is -2.36. The number of carbonyl (C=O) groups is 1. The standard InChI is InChI=1S/C18H22N4O3S/c1-13(15-5-3-4-6-16(15)24-2)20-21-17(23)11-14-12-26-18(19-14)22-7-9-25-10-8-22/h3-6,12H,7-11H2,1-2H3,(H,21,23)/b20-13-. The minimum Gasteiger partial charge on any atom is -0.496 e. The van der Waals surface area contributed by atoms with E-state index >= 15 is 0 Å². The van der Waals surface area contributed by atoms with Gasteiger partial charge in [-0.2, -0.15) is 5.10 Å². The highest BCUT2D eigenvalue weighted by Crippen LogP contribution is 2.22. The first-order chi connectivity index (χ1) is 12.7. The maximum Gasteiger partial charge on any atom is 0.246 e. The van der Waals surface area contributed by atoms with Crippen molar-refractivity contribution < 1.29 is 14.3 Å². The summed E-state index contributed by atoms with van der Waals surface area (Å²) in [4.78, 5) is 18.9. The first kappa shape index (κ1) is 18.3. The average molecular weight is 374 g/mol. The van der Waals surface area contributed by atoms with Crippen molar-refractivity contribution in [3.63, 3.8) is 0 Å². The van der Waals surface area contributed by atoms with Crippen LogP contribution in [0, 0.1) is 0 Å². The molecular formula is C18H22N4O3S. The maximum atomic E-state index is 12.2. The molecule has 2 aromatic rings. The van der Waals surface area contributed by atoms with Crippen LogP contribution in [0.25, 0.3) is 0 Å². The SMILES string of the molecule is COc1ccccc1/C(C)=N\NC(=O)Cc1csc(N2CCOCC2)n1. The van der Waals surface area contributed by atoms with Gasteiger partial charge in [0, 0.05) is 24.0 Å². The lowest BCUT2D eigenvalue weighted by molar-refractivity contribution is -0.120. The van der Waals surface area contributed by atoms with Crippen molar-refractivity contribution in [3.8, 4) is 5.75 Å². The summed E-state index contributed by atoms with van der Waals surface area (Å²) in [6.07, 6.45) is 0.198. The lowest BCUT2D eigenvalue weighted by Gasteiger charge is -2.26. The fourth-order valence-electron chi connectivity index (χ4n) is 2.63. The highest BCUT2D eigenvalue weighted by Gasteiger charge is 2.15. The Morgan fingerprint density at radius 3 is 2.92 bits per heavy atom. The number of nitrogens with zero attached hydrogens (tertiary/aromatic N) is 3. The molecule has 0 spiro atoms. The number of benzene rings is 1. The smallest absolute Gasteiger partial charge is 0.246 e. The van der Waals surface area contributed by atoms with Gasteiger partial charge in [-0.05, 0) is 19.1 Å². The van der Waals surface area contributed by atoms with E-state index in [0.29, 0.717) is 18.9 Å². The fraction of sp³-hybridized carbons (Fsp3) is 0.389. The van der Waals surface area contributed by atoms with E-state index in [1.807, 2.05) is 36.6 Å². The molecule has 7 nitrogen and oxygen atoms in total. The summed E-state index contributed by atoms with van der Waals surface area (Å²) in [6.45, 7) is 4.93. The Morgan fingerprint density at radius 2 is 2.15 bits per heavy atom. The van der Waals surface area contributed by atoms with E-state index in [4.69, 9.17) is 9.47 Å². The van der Waals surface area contributed by atoms with Crippen molar-refractivity contribution in [2.24, 2.45) is 5.10 Å². The van der Waals surface area contributed by atoms with Crippen molar-refractivity contribution >= 4 is 28.1 Å². The molecule has 0 bridgehead atoms. The average Bonchev–Trinajstić information content (AvgIpc) is 3.15. The normalized spacial score (nSPS) is 15.0. The first-order valence-electron chi connectivity index (χ1n) is 8.41. The Bertz CT molecular complexity index is 784. The number of methoxy groups -OCH3 is 1. The molecule has 3 rings (SSSR count). The molecule has 1 fully saturated rings. The summed E-state index contributed by atoms with van der Waals surface area (Å²) in [6, 6.07) is 7.56. The second-order valence-electron chi connectivity index (χ2n) is 5.83. The number of nitrogens with one attached hydrogen (secondary N) is 1. The van der Waals surface area contributed by atoms with Crippen LogP contribution < -0.4 is 15.1 Å². The largest absolute Gasteiger partial charge is 0.496 e. The van der Waals surface area contributed by atoms with Gasteiger partial charge in [0.2, 0.25) is 5.91 Å². The minimum absolute atomic E-state index is 0.196. The molecule has 1 amide bonds. The zero-order valence-corrected chi connectivity index (χ0v) is 15.7. The number of amides is 1. The van der Waals surface area contributed by atoms with Crippen LogP contribution in [0.4, 0.5) is 5.13 Å². The maximum absolute atomic E-state index is 12.2. The van der Waals surface area contributed by atoms with Crippen molar-refractivity contribution in [1.82, 2.24) is 10.4 Å². The molecular weight excluding hydrogens is 352 g/mol. The summed E-state index contributed by atoms with van der Waals surface area (Å²) >= 11 is 1.55. The van der Waals surface area contributed by atoms with Gasteiger partial charge in [0.1, 0.15) is 5.75 Å². The highest BCUT2D eigenvalue weighted by atomic mass is 32.1. The zero-order valence-electron chi connectivity index (χ0n) is 14.9. The molecule has 138 valence electrons. The van der Waals surface area contributed by atoms with Gasteiger partial charge in [0.25, 0.3) is 0 Å². The second kappa shape index (κ2) is 8.77. The number of para-hydroxylation sites is 1. The summed E-state index contributed by atoms with van der Waals surface area (Å²) in [7, 11) is 1.61. The molecule has 1 N–H and O–H groups in total. The fourth-order valence-corrected chi connectivity index (χ4v) is 3.51. The van der Waals surface area contributed by atoms with Gasteiger partial charge in [-0.1, -0.05) is 12.1 Å². The zero-order chi connectivity index (χ0) is 18.4. The number of thiazole rings is 1. The Kier molecular flexibility index (Phi) is 6.19. The summed E-state index contributed by atoms with van der Waals surface area (Å²) < 4.78 is 10.7. The molecule has 2 heterocycles. The van der Waals surface area contributed by atoms with Crippen LogP contribution in [0.3, 0.4) is 0 Å². The number of hydrogen-bond donors (Lipinski definition) is 1. The number of hydrogen-bond acceptors (Lipinski definition) is 7. The highest BCUT2D eigenvalue weighted by molar-refractivity contribution is 7.13. The van der Waals surface area contributed by atoms with Gasteiger partial charge in [-0.25, -0.2) is 10.4 Å². The van der Waals surface area contributed by atoms with Crippen molar-refractivity contribution in [2.45, 2.75) is 13.3 Å². The van der Waals surface area contributed by atoms with E-state index in [-0.39, 0.29) is 12.3 Å². The van der Waals surface area contributed by atoms with Crippen molar-refractivity contribution in [1.29, 1.82) is 0 Å². The van der Waals surface area contributed by atoms with Gasteiger partial charge < -0.3 is 14.4 Å². The van der Waals surface area contributed by atoms with Crippen LogP contribution in [-0.2, 0) is 16.0 Å². The molecule has 1 saturated heterocycles. The van der Waals surface area contributed by atoms with Crippen LogP contribution in [0.2, 0.25) is 0 Å². The monoisotopic (exact) mass is 374 g/mol. The second-order valence-corrected chi connectivity index (χ2v) is 6.67. The third kappa shape index (κ3) is 4.59. The van der Waals surface area contributed by atoms with Crippen LogP contribution in [0.15, 0.2) is 34.7 Å². The number of rotatable bonds is 6. The number of ether oxygens (including phenoxy) is 2. The number of morpholine rings is 1. The minimum atomic E-state index is -0.196. The molecule has 1 aromatic carbocycles. The molecule has 0 radical (unpaired) electrons. The predicted octanol–water partition coefficient (Wildman–Crippen LogP) is 2.07. The first-order valence-corrected chi connectivity index (χ1v) is 9.29. The summed E-state index contributed by atoms with van der Waals surface area (Å²) in [5.74, 6) is 0.524. The van der Waals surface area contributed by atoms with E-state index in [1.165, 1.54) is 0 Å². The quantitative estimate of drug-likeness (QED) is 0.619. The summed E-state index contributed by atoms with van der Waals surface area (Å²) in [5, 5.41) is 7.03. The Morgan fingerprint density at radius 1 is 1.38 bits per heavy atom. The molecule has 26 heavy (non-hydrogen) atoms. The Labute approximate surface area is 156 Å². The Balaban J connectivity index is 1.58. The Hall–Kier alpha value is -2.45. The van der Waals surface area contributed by atoms with Gasteiger partial charge in [0.15, 0.2) is 5.13 Å².